The van der Waals surface area contributed by atoms with E-state index in [2.05, 4.69) is 113 Å². The molecule has 0 amide bonds. The predicted molar refractivity (Wildman–Crippen MR) is 189 cm³/mol. The van der Waals surface area contributed by atoms with Gasteiger partial charge in [0.1, 0.15) is 0 Å². The fourth-order valence-electron chi connectivity index (χ4n) is 8.55. The average molecular weight is 597 g/mol. The van der Waals surface area contributed by atoms with Gasteiger partial charge in [-0.05, 0) is 72.9 Å². The van der Waals surface area contributed by atoms with Crippen molar-refractivity contribution < 1.29 is 0 Å². The monoisotopic (exact) mass is 596 g/mol. The molecular formula is C38H48S2Si. The van der Waals surface area contributed by atoms with E-state index in [1.807, 2.05) is 0 Å². The van der Waals surface area contributed by atoms with Crippen LogP contribution in [0.3, 0.4) is 0 Å². The van der Waals surface area contributed by atoms with Gasteiger partial charge in [0.15, 0.2) is 0 Å². The highest BCUT2D eigenvalue weighted by Gasteiger charge is 2.55. The Kier molecular flexibility index (Phi) is 8.51. The zero-order valence-electron chi connectivity index (χ0n) is 26.2. The lowest BCUT2D eigenvalue weighted by Crippen LogP contribution is -2.48. The van der Waals surface area contributed by atoms with Crippen LogP contribution in [0.4, 0.5) is 0 Å². The fourth-order valence-corrected chi connectivity index (χ4v) is 18.8. The number of hydrogen-bond acceptors (Lipinski definition) is 2. The van der Waals surface area contributed by atoms with Crippen LogP contribution < -0.4 is 0 Å². The van der Waals surface area contributed by atoms with Crippen LogP contribution in [-0.4, -0.2) is 8.07 Å². The first kappa shape index (κ1) is 29.1. The van der Waals surface area contributed by atoms with E-state index in [4.69, 9.17) is 0 Å². The van der Waals surface area contributed by atoms with Crippen molar-refractivity contribution in [1.29, 1.82) is 0 Å². The summed E-state index contributed by atoms with van der Waals surface area (Å²) >= 11 is 4.14. The Labute approximate surface area is 257 Å². The summed E-state index contributed by atoms with van der Waals surface area (Å²) < 4.78 is 2.98. The molecule has 2 aromatic carbocycles. The van der Waals surface area contributed by atoms with Gasteiger partial charge in [-0.1, -0.05) is 125 Å². The molecule has 0 N–H and O–H groups in total. The smallest absolute Gasteiger partial charge is 0.0783 e. The standard InChI is InChI=1S/C38H48S2Si/c1-7-9-11-17-23-41(24-18-12-10-8-2,37-27(5)25(3)35-33(37)29-19-13-15-21-31(29)39-35)38-28(6)26(4)36-34(38)30-20-14-16-22-32(30)40-36/h13-16,19-22,37-38H,7-12,17-18,23-24H2,1-6H3. The fraction of sp³-hybridized carbons (Fsp3) is 0.474. The van der Waals surface area contributed by atoms with Crippen molar-refractivity contribution in [1.82, 2.24) is 0 Å². The van der Waals surface area contributed by atoms with Crippen LogP contribution in [0.15, 0.2) is 59.7 Å². The lowest BCUT2D eigenvalue weighted by Gasteiger charge is -2.45. The molecule has 216 valence electrons. The molecule has 0 fully saturated rings. The van der Waals surface area contributed by atoms with Gasteiger partial charge in [-0.15, -0.1) is 22.7 Å². The maximum atomic E-state index is 2.54. The Balaban J connectivity index is 1.61. The molecule has 0 radical (unpaired) electrons. The average Bonchev–Trinajstić information content (AvgIpc) is 3.68. The van der Waals surface area contributed by atoms with Crippen LogP contribution in [0.25, 0.3) is 31.3 Å². The third-order valence-corrected chi connectivity index (χ3v) is 19.6. The largest absolute Gasteiger partial charge is 0.135 e. The van der Waals surface area contributed by atoms with E-state index in [0.717, 1.165) is 0 Å². The van der Waals surface area contributed by atoms with Crippen LogP contribution in [0.2, 0.25) is 12.1 Å². The first-order valence-corrected chi connectivity index (χ1v) is 20.5. The second kappa shape index (κ2) is 12.0. The van der Waals surface area contributed by atoms with Crippen molar-refractivity contribution in [3.8, 4) is 0 Å². The number of thiophene rings is 2. The zero-order valence-corrected chi connectivity index (χ0v) is 28.8. The van der Waals surface area contributed by atoms with Gasteiger partial charge in [-0.25, -0.2) is 0 Å². The summed E-state index contributed by atoms with van der Waals surface area (Å²) in [4.78, 5) is 3.22. The summed E-state index contributed by atoms with van der Waals surface area (Å²) in [5, 5.41) is 3.11. The summed E-state index contributed by atoms with van der Waals surface area (Å²) in [7, 11) is -2.01. The Hall–Kier alpha value is -1.94. The van der Waals surface area contributed by atoms with Crippen LogP contribution >= 0.6 is 22.7 Å². The first-order valence-electron chi connectivity index (χ1n) is 16.3. The summed E-state index contributed by atoms with van der Waals surface area (Å²) in [6.07, 6.45) is 10.9. The van der Waals surface area contributed by atoms with Crippen molar-refractivity contribution in [3.05, 3.63) is 80.6 Å². The van der Waals surface area contributed by atoms with Gasteiger partial charge in [-0.2, -0.15) is 0 Å². The number of unbranched alkanes of at least 4 members (excludes halogenated alkanes) is 6. The Bertz CT molecular complexity index is 1500. The number of allylic oxidation sites excluding steroid dienone is 4. The van der Waals surface area contributed by atoms with Gasteiger partial charge in [0, 0.05) is 30.2 Å². The molecule has 3 heteroatoms. The second-order valence-electron chi connectivity index (χ2n) is 13.0. The minimum atomic E-state index is -2.01. The minimum absolute atomic E-state index is 0.620. The minimum Gasteiger partial charge on any atom is -0.135 e. The van der Waals surface area contributed by atoms with E-state index < -0.39 is 8.07 Å². The molecule has 0 nitrogen and oxygen atoms in total. The molecule has 6 rings (SSSR count). The molecule has 2 aliphatic carbocycles. The molecule has 0 spiro atoms. The summed E-state index contributed by atoms with van der Waals surface area (Å²) in [6, 6.07) is 21.6. The molecule has 2 atom stereocenters. The number of benzene rings is 2. The molecule has 0 bridgehead atoms. The number of fused-ring (bicyclic) bond motifs is 6. The highest BCUT2D eigenvalue weighted by atomic mass is 32.1. The lowest BCUT2D eigenvalue weighted by atomic mass is 10.1. The molecule has 0 aliphatic heterocycles. The van der Waals surface area contributed by atoms with Gasteiger partial charge in [0.25, 0.3) is 0 Å². The van der Waals surface area contributed by atoms with Crippen molar-refractivity contribution >= 4 is 62.1 Å². The molecule has 0 saturated carbocycles. The van der Waals surface area contributed by atoms with Crippen molar-refractivity contribution in [3.63, 3.8) is 0 Å². The van der Waals surface area contributed by atoms with Crippen LogP contribution in [-0.2, 0) is 0 Å². The Morgan fingerprint density at radius 2 is 0.976 bits per heavy atom. The maximum absolute atomic E-state index is 2.54. The predicted octanol–water partition coefficient (Wildman–Crippen LogP) is 13.3. The molecule has 41 heavy (non-hydrogen) atoms. The van der Waals surface area contributed by atoms with Gasteiger partial charge >= 0.3 is 0 Å². The zero-order chi connectivity index (χ0) is 28.7. The molecule has 2 heterocycles. The summed E-state index contributed by atoms with van der Waals surface area (Å²) in [6.45, 7) is 14.7. The highest BCUT2D eigenvalue weighted by Crippen LogP contribution is 2.63. The quantitative estimate of drug-likeness (QED) is 0.113. The third kappa shape index (κ3) is 4.75. The number of rotatable bonds is 12. The lowest BCUT2D eigenvalue weighted by molar-refractivity contribution is 0.668. The van der Waals surface area contributed by atoms with E-state index in [9.17, 15) is 0 Å². The van der Waals surface area contributed by atoms with E-state index >= 15 is 0 Å². The molecule has 2 aromatic heterocycles. The van der Waals surface area contributed by atoms with Crippen LogP contribution in [0, 0.1) is 0 Å². The molecule has 2 aliphatic rings. The van der Waals surface area contributed by atoms with Crippen molar-refractivity contribution in [2.45, 2.75) is 116 Å². The molecular weight excluding hydrogens is 549 g/mol. The van der Waals surface area contributed by atoms with Gasteiger partial charge in [-0.3, -0.25) is 0 Å². The van der Waals surface area contributed by atoms with Crippen molar-refractivity contribution in [2.75, 3.05) is 0 Å². The van der Waals surface area contributed by atoms with Crippen molar-refractivity contribution in [2.24, 2.45) is 0 Å². The van der Waals surface area contributed by atoms with Crippen LogP contribution in [0.1, 0.15) is 125 Å². The molecule has 0 saturated heterocycles. The molecule has 2 unspecified atom stereocenters. The summed E-state index contributed by atoms with van der Waals surface area (Å²) in [5.74, 6) is 0. The second-order valence-corrected chi connectivity index (χ2v) is 19.7. The van der Waals surface area contributed by atoms with Crippen LogP contribution in [0.5, 0.6) is 0 Å². The normalized spacial score (nSPS) is 18.8. The van der Waals surface area contributed by atoms with E-state index in [-0.39, 0.29) is 0 Å². The third-order valence-electron chi connectivity index (χ3n) is 10.7. The Morgan fingerprint density at radius 1 is 0.561 bits per heavy atom. The maximum Gasteiger partial charge on any atom is 0.0783 e. The van der Waals surface area contributed by atoms with Gasteiger partial charge in [0.05, 0.1) is 8.07 Å². The number of hydrogen-bond donors (Lipinski definition) is 0. The highest BCUT2D eigenvalue weighted by molar-refractivity contribution is 7.21. The Morgan fingerprint density at radius 3 is 1.39 bits per heavy atom. The van der Waals surface area contributed by atoms with E-state index in [1.54, 1.807) is 53.9 Å². The molecule has 4 aromatic rings. The summed E-state index contributed by atoms with van der Waals surface area (Å²) in [5.41, 5.74) is 11.3. The van der Waals surface area contributed by atoms with Gasteiger partial charge in [0.2, 0.25) is 0 Å². The van der Waals surface area contributed by atoms with Gasteiger partial charge < -0.3 is 0 Å². The SMILES string of the molecule is CCCCCC[Si](CCCCCC)(C1C(C)=C(C)c2sc3ccccc3c21)C1C(C)=C(C)c2sc3ccccc3c21. The van der Waals surface area contributed by atoms with E-state index in [1.165, 1.54) is 72.9 Å². The first-order chi connectivity index (χ1) is 19.9. The van der Waals surface area contributed by atoms with E-state index in [0.29, 0.717) is 11.1 Å². The topological polar surface area (TPSA) is 0 Å².